The van der Waals surface area contributed by atoms with Crippen LogP contribution in [-0.2, 0) is 21.3 Å². The van der Waals surface area contributed by atoms with E-state index < -0.39 is 47.1 Å². The number of rotatable bonds is 5. The lowest BCUT2D eigenvalue weighted by Gasteiger charge is -2.31. The van der Waals surface area contributed by atoms with E-state index in [1.54, 1.807) is 0 Å². The molecule has 0 amide bonds. The number of benzene rings is 2. The summed E-state index contributed by atoms with van der Waals surface area (Å²) in [5.41, 5.74) is -2.97. The van der Waals surface area contributed by atoms with Crippen LogP contribution in [0.3, 0.4) is 0 Å². The molecule has 1 aliphatic carbocycles. The summed E-state index contributed by atoms with van der Waals surface area (Å²) < 4.78 is 112. The number of fused-ring (bicyclic) bond motifs is 3. The zero-order chi connectivity index (χ0) is 24.1. The first kappa shape index (κ1) is 24.0. The van der Waals surface area contributed by atoms with Crippen LogP contribution >= 0.6 is 0 Å². The van der Waals surface area contributed by atoms with Gasteiger partial charge in [-0.1, -0.05) is 12.1 Å². The smallest absolute Gasteiger partial charge is 0.426 e. The van der Waals surface area contributed by atoms with Crippen molar-refractivity contribution < 1.29 is 54.0 Å². The summed E-state index contributed by atoms with van der Waals surface area (Å²) in [6.45, 7) is -1.35. The van der Waals surface area contributed by atoms with Crippen LogP contribution in [0.25, 0.3) is 11.1 Å². The van der Waals surface area contributed by atoms with Gasteiger partial charge in [0.1, 0.15) is 0 Å². The van der Waals surface area contributed by atoms with Gasteiger partial charge in [0, 0.05) is 6.42 Å². The second kappa shape index (κ2) is 7.74. The van der Waals surface area contributed by atoms with Crippen molar-refractivity contribution in [2.24, 2.45) is 0 Å². The van der Waals surface area contributed by atoms with Gasteiger partial charge in [-0.05, 0) is 52.9 Å². The highest BCUT2D eigenvalue weighted by Gasteiger charge is 2.70. The SMILES string of the molecule is O=C(OCCC(O)(C(F)(F)F)C(F)(F)F)c1ccc2c(c1)-c1ccc(S(=O)(=O)O)cc1C2. The first-order valence-electron chi connectivity index (χ1n) is 8.81. The maximum Gasteiger partial charge on any atom is 0.426 e. The molecule has 174 valence electrons. The third-order valence-electron chi connectivity index (χ3n) is 5.03. The van der Waals surface area contributed by atoms with E-state index >= 15 is 0 Å². The van der Waals surface area contributed by atoms with Gasteiger partial charge in [-0.2, -0.15) is 34.8 Å². The van der Waals surface area contributed by atoms with Crippen LogP contribution in [0.1, 0.15) is 27.9 Å². The number of ether oxygens (including phenoxy) is 1. The minimum absolute atomic E-state index is 0.169. The van der Waals surface area contributed by atoms with Gasteiger partial charge < -0.3 is 9.84 Å². The minimum atomic E-state index is -6.02. The number of hydrogen-bond donors (Lipinski definition) is 2. The van der Waals surface area contributed by atoms with Crippen LogP contribution in [0, 0.1) is 0 Å². The molecule has 13 heteroatoms. The van der Waals surface area contributed by atoms with Crippen LogP contribution in [0.15, 0.2) is 41.3 Å². The van der Waals surface area contributed by atoms with Gasteiger partial charge in [-0.25, -0.2) is 4.79 Å². The summed E-state index contributed by atoms with van der Waals surface area (Å²) >= 11 is 0. The summed E-state index contributed by atoms with van der Waals surface area (Å²) in [5.74, 6) is -1.21. The Balaban J connectivity index is 1.77. The first-order valence-corrected chi connectivity index (χ1v) is 10.3. The largest absolute Gasteiger partial charge is 0.462 e. The number of esters is 1. The van der Waals surface area contributed by atoms with Gasteiger partial charge in [0.2, 0.25) is 0 Å². The number of aliphatic hydroxyl groups is 1. The van der Waals surface area contributed by atoms with Crippen molar-refractivity contribution in [3.05, 3.63) is 53.1 Å². The maximum atomic E-state index is 12.7. The zero-order valence-electron chi connectivity index (χ0n) is 15.8. The monoisotopic (exact) mass is 484 g/mol. The molecule has 0 radical (unpaired) electrons. The van der Waals surface area contributed by atoms with Crippen LogP contribution in [0.2, 0.25) is 0 Å². The van der Waals surface area contributed by atoms with E-state index in [1.165, 1.54) is 30.3 Å². The molecule has 0 bridgehead atoms. The fraction of sp³-hybridized carbons (Fsp3) is 0.316. The highest BCUT2D eigenvalue weighted by atomic mass is 32.2. The van der Waals surface area contributed by atoms with E-state index in [1.807, 2.05) is 0 Å². The molecule has 1 aliphatic rings. The van der Waals surface area contributed by atoms with Gasteiger partial charge >= 0.3 is 18.3 Å². The Kier molecular flexibility index (Phi) is 5.81. The van der Waals surface area contributed by atoms with Crippen LogP contribution in [-0.4, -0.2) is 48.6 Å². The Morgan fingerprint density at radius 1 is 0.938 bits per heavy atom. The van der Waals surface area contributed by atoms with E-state index in [2.05, 4.69) is 4.74 Å². The average molecular weight is 484 g/mol. The maximum absolute atomic E-state index is 12.7. The lowest BCUT2D eigenvalue weighted by atomic mass is 9.99. The Morgan fingerprint density at radius 3 is 2.12 bits per heavy atom. The third kappa shape index (κ3) is 4.32. The van der Waals surface area contributed by atoms with Gasteiger partial charge in [-0.15, -0.1) is 0 Å². The number of carbonyl (C=O) groups excluding carboxylic acids is 1. The van der Waals surface area contributed by atoms with E-state index in [0.717, 1.165) is 6.07 Å². The predicted octanol–water partition coefficient (Wildman–Crippen LogP) is 3.91. The summed E-state index contributed by atoms with van der Waals surface area (Å²) in [7, 11) is -4.43. The summed E-state index contributed by atoms with van der Waals surface area (Å²) in [6.07, 6.45) is -13.7. The molecular weight excluding hydrogens is 470 g/mol. The van der Waals surface area contributed by atoms with E-state index in [0.29, 0.717) is 22.3 Å². The number of alkyl halides is 6. The molecule has 0 heterocycles. The lowest BCUT2D eigenvalue weighted by Crippen LogP contribution is -2.57. The molecule has 2 aromatic rings. The fourth-order valence-corrected chi connectivity index (χ4v) is 3.80. The Labute approximate surface area is 177 Å². The van der Waals surface area contributed by atoms with Crippen molar-refractivity contribution in [3.63, 3.8) is 0 Å². The van der Waals surface area contributed by atoms with Crippen molar-refractivity contribution in [1.29, 1.82) is 0 Å². The Hall–Kier alpha value is -2.64. The highest BCUT2D eigenvalue weighted by molar-refractivity contribution is 7.85. The molecule has 0 aliphatic heterocycles. The van der Waals surface area contributed by atoms with Crippen molar-refractivity contribution in [2.75, 3.05) is 6.61 Å². The molecule has 0 unspecified atom stereocenters. The summed E-state index contributed by atoms with van der Waals surface area (Å²) in [4.78, 5) is 11.8. The highest BCUT2D eigenvalue weighted by Crippen LogP contribution is 2.45. The minimum Gasteiger partial charge on any atom is -0.462 e. The topological polar surface area (TPSA) is 101 Å². The number of hydrogen-bond acceptors (Lipinski definition) is 5. The molecule has 6 nitrogen and oxygen atoms in total. The van der Waals surface area contributed by atoms with Crippen LogP contribution < -0.4 is 0 Å². The van der Waals surface area contributed by atoms with E-state index in [-0.39, 0.29) is 16.9 Å². The fourth-order valence-electron chi connectivity index (χ4n) is 3.27. The molecule has 0 saturated heterocycles. The second-order valence-corrected chi connectivity index (χ2v) is 8.51. The standard InChI is InChI=1S/C19H14F6O6S/c20-18(21,22)17(27,19(23,24)25)5-6-31-16(26)11-2-1-10-7-12-8-13(32(28,29)30)3-4-14(12)15(10)9-11/h1-4,8-9,27H,5-7H2,(H,28,29,30). The molecule has 32 heavy (non-hydrogen) atoms. The van der Waals surface area contributed by atoms with Gasteiger partial charge in [-0.3, -0.25) is 4.55 Å². The van der Waals surface area contributed by atoms with Crippen molar-refractivity contribution in [3.8, 4) is 11.1 Å². The Bertz CT molecular complexity index is 1160. The molecule has 0 spiro atoms. The molecular formula is C19H14F6O6S. The number of carbonyl (C=O) groups is 1. The number of halogens is 6. The quantitative estimate of drug-likeness (QED) is 0.324. The van der Waals surface area contributed by atoms with E-state index in [4.69, 9.17) is 9.66 Å². The summed E-state index contributed by atoms with van der Waals surface area (Å²) in [6, 6.07) is 7.81. The normalized spacial score (nSPS) is 14.1. The average Bonchev–Trinajstić information content (AvgIpc) is 3.02. The predicted molar refractivity (Wildman–Crippen MR) is 96.5 cm³/mol. The molecule has 2 N–H and O–H groups in total. The van der Waals surface area contributed by atoms with E-state index in [9.17, 15) is 39.6 Å². The van der Waals surface area contributed by atoms with Crippen LogP contribution in [0.5, 0.6) is 0 Å². The third-order valence-corrected chi connectivity index (χ3v) is 5.88. The Morgan fingerprint density at radius 2 is 1.56 bits per heavy atom. The van der Waals surface area contributed by atoms with Crippen molar-refractivity contribution >= 4 is 16.1 Å². The summed E-state index contributed by atoms with van der Waals surface area (Å²) in [5, 5.41) is 9.08. The molecule has 0 saturated carbocycles. The van der Waals surface area contributed by atoms with Gasteiger partial charge in [0.15, 0.2) is 0 Å². The van der Waals surface area contributed by atoms with Crippen LogP contribution in [0.4, 0.5) is 26.3 Å². The first-order chi connectivity index (χ1) is 14.5. The molecule has 0 aromatic heterocycles. The molecule has 2 aromatic carbocycles. The van der Waals surface area contributed by atoms with Crippen molar-refractivity contribution in [2.45, 2.75) is 35.7 Å². The molecule has 0 fully saturated rings. The van der Waals surface area contributed by atoms with Crippen molar-refractivity contribution in [1.82, 2.24) is 0 Å². The zero-order valence-corrected chi connectivity index (χ0v) is 16.6. The second-order valence-electron chi connectivity index (χ2n) is 7.08. The molecule has 0 atom stereocenters. The van der Waals surface area contributed by atoms with Gasteiger partial charge in [0.05, 0.1) is 17.1 Å². The van der Waals surface area contributed by atoms with Gasteiger partial charge in [0.25, 0.3) is 15.7 Å². The molecule has 3 rings (SSSR count). The lowest BCUT2D eigenvalue weighted by molar-refractivity contribution is -0.371.